The number of benzene rings is 2. The predicted octanol–water partition coefficient (Wildman–Crippen LogP) is 5.35. The molecule has 2 aromatic carbocycles. The number of methoxy groups -OCH3 is 2. The maximum Gasteiger partial charge on any atom is 0.200 e. The highest BCUT2D eigenvalue weighted by Crippen LogP contribution is 2.43. The van der Waals surface area contributed by atoms with Gasteiger partial charge in [-0.15, -0.1) is 0 Å². The van der Waals surface area contributed by atoms with Crippen molar-refractivity contribution < 1.29 is 14.2 Å². The van der Waals surface area contributed by atoms with Crippen LogP contribution in [0.1, 0.15) is 30.9 Å². The van der Waals surface area contributed by atoms with Gasteiger partial charge < -0.3 is 29.8 Å². The third-order valence-corrected chi connectivity index (χ3v) is 7.13. The van der Waals surface area contributed by atoms with Crippen molar-refractivity contribution in [3.63, 3.8) is 0 Å². The second-order valence-corrected chi connectivity index (χ2v) is 9.36. The fraction of sp³-hybridized carbons (Fsp3) is 0.276. The number of nitrogens with two attached hydrogens (primary N) is 1. The van der Waals surface area contributed by atoms with Crippen molar-refractivity contribution in [2.45, 2.75) is 26.3 Å². The normalized spacial score (nSPS) is 15.0. The van der Waals surface area contributed by atoms with Gasteiger partial charge in [0, 0.05) is 53.8 Å². The van der Waals surface area contributed by atoms with E-state index < -0.39 is 0 Å². The van der Waals surface area contributed by atoms with Crippen LogP contribution in [0, 0.1) is 0 Å². The molecule has 4 aromatic rings. The number of anilines is 1. The number of nitrogens with zero attached hydrogens (tertiary/aromatic N) is 4. The molecule has 4 heterocycles. The van der Waals surface area contributed by atoms with Crippen LogP contribution >= 0.6 is 0 Å². The van der Waals surface area contributed by atoms with Gasteiger partial charge >= 0.3 is 0 Å². The number of nitrogen functional groups attached to an aromatic ring is 1. The van der Waals surface area contributed by atoms with Crippen molar-refractivity contribution in [1.29, 1.82) is 0 Å². The highest BCUT2D eigenvalue weighted by atomic mass is 16.5. The van der Waals surface area contributed by atoms with E-state index in [1.807, 2.05) is 36.7 Å². The van der Waals surface area contributed by atoms with Gasteiger partial charge in [0.25, 0.3) is 0 Å². The number of fused-ring (bicyclic) bond motifs is 3. The fourth-order valence-electron chi connectivity index (χ4n) is 5.25. The van der Waals surface area contributed by atoms with Crippen LogP contribution in [0.5, 0.6) is 17.2 Å². The summed E-state index contributed by atoms with van der Waals surface area (Å²) in [6.07, 6.45) is 5.52. The SMILES string of the molecule is CCC1=C(N2CCOc3ccc(-c4cnc5nc(N)[nH]c5c4)cc3C2)c2cc(OC)c(OC)cc2N=CC1. The van der Waals surface area contributed by atoms with Crippen molar-refractivity contribution in [1.82, 2.24) is 19.9 Å². The maximum absolute atomic E-state index is 6.21. The molecule has 0 radical (unpaired) electrons. The molecule has 6 rings (SSSR count). The molecule has 0 unspecified atom stereocenters. The average Bonchev–Trinajstić information content (AvgIpc) is 3.08. The summed E-state index contributed by atoms with van der Waals surface area (Å²) in [4.78, 5) is 18.9. The van der Waals surface area contributed by atoms with E-state index in [0.29, 0.717) is 36.2 Å². The number of hydrogen-bond donors (Lipinski definition) is 2. The fourth-order valence-corrected chi connectivity index (χ4v) is 5.25. The lowest BCUT2D eigenvalue weighted by molar-refractivity contribution is 0.282. The van der Waals surface area contributed by atoms with Gasteiger partial charge in [-0.1, -0.05) is 13.0 Å². The molecule has 0 fully saturated rings. The van der Waals surface area contributed by atoms with E-state index in [2.05, 4.69) is 38.9 Å². The largest absolute Gasteiger partial charge is 0.493 e. The molecule has 0 bridgehead atoms. The van der Waals surface area contributed by atoms with Gasteiger partial charge in [0.1, 0.15) is 12.4 Å². The first-order valence-electron chi connectivity index (χ1n) is 12.7. The average molecular weight is 511 g/mol. The minimum atomic E-state index is 0.359. The molecule has 0 saturated heterocycles. The van der Waals surface area contributed by atoms with Gasteiger partial charge in [-0.3, -0.25) is 4.99 Å². The lowest BCUT2D eigenvalue weighted by Crippen LogP contribution is -2.25. The number of ether oxygens (including phenoxy) is 3. The minimum Gasteiger partial charge on any atom is -0.493 e. The Kier molecular flexibility index (Phi) is 6.11. The summed E-state index contributed by atoms with van der Waals surface area (Å²) in [7, 11) is 3.31. The summed E-state index contributed by atoms with van der Waals surface area (Å²) in [6.45, 7) is 4.22. The van der Waals surface area contributed by atoms with Crippen LogP contribution < -0.4 is 19.9 Å². The number of aliphatic imine (C=N–C) groups is 1. The zero-order valence-electron chi connectivity index (χ0n) is 21.7. The Bertz CT molecular complexity index is 1590. The molecule has 9 nitrogen and oxygen atoms in total. The molecule has 2 aliphatic rings. The Balaban J connectivity index is 1.41. The van der Waals surface area contributed by atoms with E-state index in [0.717, 1.165) is 58.6 Å². The first kappa shape index (κ1) is 23.8. The first-order chi connectivity index (χ1) is 18.6. The smallest absolute Gasteiger partial charge is 0.200 e. The zero-order valence-corrected chi connectivity index (χ0v) is 21.7. The Morgan fingerprint density at radius 3 is 2.74 bits per heavy atom. The van der Waals surface area contributed by atoms with E-state index in [1.165, 1.54) is 11.3 Å². The lowest BCUT2D eigenvalue weighted by Gasteiger charge is -2.29. The summed E-state index contributed by atoms with van der Waals surface area (Å²) in [5.41, 5.74) is 14.8. The molecule has 0 spiro atoms. The van der Waals surface area contributed by atoms with Gasteiger partial charge in [0.2, 0.25) is 0 Å². The third-order valence-electron chi connectivity index (χ3n) is 7.13. The Morgan fingerprint density at radius 2 is 1.92 bits per heavy atom. The molecule has 2 aliphatic heterocycles. The number of hydrogen-bond acceptors (Lipinski definition) is 8. The maximum atomic E-state index is 6.21. The number of rotatable bonds is 5. The van der Waals surface area contributed by atoms with E-state index in [4.69, 9.17) is 24.9 Å². The van der Waals surface area contributed by atoms with Crippen LogP contribution in [0.4, 0.5) is 11.6 Å². The van der Waals surface area contributed by atoms with Crippen molar-refractivity contribution in [3.8, 4) is 28.4 Å². The molecule has 0 aliphatic carbocycles. The highest BCUT2D eigenvalue weighted by Gasteiger charge is 2.26. The molecule has 0 amide bonds. The molecule has 3 N–H and O–H groups in total. The number of allylic oxidation sites excluding steroid dienone is 1. The molecule has 9 heteroatoms. The second-order valence-electron chi connectivity index (χ2n) is 9.36. The number of H-pyrrole nitrogens is 1. The van der Waals surface area contributed by atoms with Crippen LogP contribution in [0.25, 0.3) is 28.0 Å². The van der Waals surface area contributed by atoms with E-state index >= 15 is 0 Å². The first-order valence-corrected chi connectivity index (χ1v) is 12.7. The Labute approximate surface area is 221 Å². The molecule has 38 heavy (non-hydrogen) atoms. The van der Waals surface area contributed by atoms with Crippen molar-refractivity contribution in [2.24, 2.45) is 4.99 Å². The molecule has 194 valence electrons. The highest BCUT2D eigenvalue weighted by molar-refractivity contribution is 5.86. The van der Waals surface area contributed by atoms with Crippen LogP contribution in [0.3, 0.4) is 0 Å². The van der Waals surface area contributed by atoms with Crippen LogP contribution in [0.2, 0.25) is 0 Å². The number of nitrogens with one attached hydrogen (secondary N) is 1. The molecular weight excluding hydrogens is 480 g/mol. The van der Waals surface area contributed by atoms with E-state index in [-0.39, 0.29) is 0 Å². The molecule has 0 atom stereocenters. The van der Waals surface area contributed by atoms with E-state index in [1.54, 1.807) is 14.2 Å². The van der Waals surface area contributed by atoms with Gasteiger partial charge in [-0.2, -0.15) is 4.98 Å². The lowest BCUT2D eigenvalue weighted by atomic mass is 9.98. The molecule has 0 saturated carbocycles. The predicted molar refractivity (Wildman–Crippen MR) is 149 cm³/mol. The van der Waals surface area contributed by atoms with Crippen molar-refractivity contribution >= 4 is 34.7 Å². The van der Waals surface area contributed by atoms with Gasteiger partial charge in [0.05, 0.1) is 32.0 Å². The Morgan fingerprint density at radius 1 is 1.08 bits per heavy atom. The third kappa shape index (κ3) is 4.19. The Hall–Kier alpha value is -4.53. The van der Waals surface area contributed by atoms with Crippen molar-refractivity contribution in [2.75, 3.05) is 33.1 Å². The topological polar surface area (TPSA) is 111 Å². The standard InChI is InChI=1S/C29H30N6O3/c1-4-17-7-8-31-22-14-26(37-3)25(36-2)13-21(22)27(17)35-9-10-38-24-6-5-18(11-20(24)16-35)19-12-23-28(32-15-19)34-29(30)33-23/h5-6,8,11-15H,4,7,9-10,16H2,1-3H3,(H3,30,32,33,34). The minimum absolute atomic E-state index is 0.359. The number of aromatic nitrogens is 3. The van der Waals surface area contributed by atoms with Crippen LogP contribution in [-0.4, -0.2) is 53.4 Å². The van der Waals surface area contributed by atoms with Gasteiger partial charge in [0.15, 0.2) is 23.1 Å². The number of aromatic amines is 1. The number of imidazole rings is 1. The monoisotopic (exact) mass is 510 g/mol. The molecule has 2 aromatic heterocycles. The van der Waals surface area contributed by atoms with Crippen LogP contribution in [-0.2, 0) is 6.54 Å². The quantitative estimate of drug-likeness (QED) is 0.372. The van der Waals surface area contributed by atoms with Crippen LogP contribution in [0.15, 0.2) is 53.2 Å². The summed E-state index contributed by atoms with van der Waals surface area (Å²) in [6, 6.07) is 12.3. The van der Waals surface area contributed by atoms with Gasteiger partial charge in [-0.25, -0.2) is 4.98 Å². The van der Waals surface area contributed by atoms with E-state index in [9.17, 15) is 0 Å². The second kappa shape index (κ2) is 9.74. The number of pyridine rings is 1. The summed E-state index contributed by atoms with van der Waals surface area (Å²) in [5, 5.41) is 0. The zero-order chi connectivity index (χ0) is 26.2. The van der Waals surface area contributed by atoms with Crippen molar-refractivity contribution in [3.05, 3.63) is 59.3 Å². The van der Waals surface area contributed by atoms with Gasteiger partial charge in [-0.05, 0) is 41.8 Å². The summed E-state index contributed by atoms with van der Waals surface area (Å²) >= 11 is 0. The molecular formula is C29H30N6O3. The summed E-state index contributed by atoms with van der Waals surface area (Å²) < 4.78 is 17.4. The summed E-state index contributed by atoms with van der Waals surface area (Å²) in [5.74, 6) is 2.61.